The van der Waals surface area contributed by atoms with Gasteiger partial charge >= 0.3 is 0 Å². The van der Waals surface area contributed by atoms with Crippen LogP contribution in [0.25, 0.3) is 0 Å². The number of piperidine rings is 1. The van der Waals surface area contributed by atoms with Gasteiger partial charge in [-0.25, -0.2) is 0 Å². The number of rotatable bonds is 10. The Hall–Kier alpha value is -3.10. The zero-order valence-electron chi connectivity index (χ0n) is 22.3. The molecule has 0 spiro atoms. The third-order valence-electron chi connectivity index (χ3n) is 7.26. The number of aryl methyl sites for hydroxylation is 1. The van der Waals surface area contributed by atoms with Gasteiger partial charge in [-0.05, 0) is 60.9 Å². The Labute approximate surface area is 225 Å². The quantitative estimate of drug-likeness (QED) is 0.379. The number of hydrogen-bond donors (Lipinski definition) is 2. The smallest absolute Gasteiger partial charge is 0.142 e. The molecule has 2 aliphatic heterocycles. The fraction of sp³-hybridized carbons (Fsp3) is 0.419. The van der Waals surface area contributed by atoms with Crippen molar-refractivity contribution in [1.29, 1.82) is 0 Å². The summed E-state index contributed by atoms with van der Waals surface area (Å²) in [5.41, 5.74) is 4.44. The van der Waals surface area contributed by atoms with Crippen molar-refractivity contribution in [2.75, 3.05) is 51.4 Å². The van der Waals surface area contributed by atoms with Crippen molar-refractivity contribution in [3.8, 4) is 17.2 Å². The summed E-state index contributed by atoms with van der Waals surface area (Å²) in [6.07, 6.45) is 0.275. The highest BCUT2D eigenvalue weighted by atomic mass is 16.5. The van der Waals surface area contributed by atoms with E-state index in [1.807, 2.05) is 54.6 Å². The van der Waals surface area contributed by atoms with Crippen LogP contribution in [0.2, 0.25) is 0 Å². The Morgan fingerprint density at radius 3 is 2.53 bits per heavy atom. The number of hydrogen-bond acceptors (Lipinski definition) is 7. The zero-order chi connectivity index (χ0) is 26.3. The van der Waals surface area contributed by atoms with Gasteiger partial charge in [0.05, 0.1) is 31.0 Å². The maximum atomic E-state index is 10.9. The third-order valence-corrected chi connectivity index (χ3v) is 7.26. The predicted molar refractivity (Wildman–Crippen MR) is 149 cm³/mol. The maximum Gasteiger partial charge on any atom is 0.142 e. The molecular weight excluding hydrogens is 480 g/mol. The van der Waals surface area contributed by atoms with Crippen LogP contribution in [0, 0.1) is 6.92 Å². The van der Waals surface area contributed by atoms with Gasteiger partial charge in [0, 0.05) is 39.3 Å². The fourth-order valence-electron chi connectivity index (χ4n) is 5.22. The van der Waals surface area contributed by atoms with Crippen LogP contribution in [0.1, 0.15) is 29.0 Å². The number of ether oxygens (including phenoxy) is 4. The molecular formula is C31H38N2O5. The predicted octanol–water partition coefficient (Wildman–Crippen LogP) is 4.66. The second-order valence-corrected chi connectivity index (χ2v) is 10.1. The Bertz CT molecular complexity index is 1170. The molecule has 1 saturated heterocycles. The molecule has 2 heterocycles. The van der Waals surface area contributed by atoms with Crippen molar-refractivity contribution in [3.05, 3.63) is 83.4 Å². The van der Waals surface area contributed by atoms with Gasteiger partial charge in [0.15, 0.2) is 0 Å². The molecule has 202 valence electrons. The minimum atomic E-state index is -0.536. The molecule has 0 aliphatic carbocycles. The van der Waals surface area contributed by atoms with Crippen LogP contribution in [-0.4, -0.2) is 63.8 Å². The first-order chi connectivity index (χ1) is 18.6. The summed E-state index contributed by atoms with van der Waals surface area (Å²) >= 11 is 0. The molecule has 1 fully saturated rings. The first-order valence-electron chi connectivity index (χ1n) is 13.4. The van der Waals surface area contributed by atoms with E-state index in [4.69, 9.17) is 18.9 Å². The van der Waals surface area contributed by atoms with Crippen LogP contribution in [0.4, 0.5) is 5.69 Å². The van der Waals surface area contributed by atoms with Gasteiger partial charge in [-0.2, -0.15) is 0 Å². The lowest BCUT2D eigenvalue weighted by atomic mass is 9.85. The van der Waals surface area contributed by atoms with E-state index in [1.165, 1.54) is 5.56 Å². The van der Waals surface area contributed by atoms with Gasteiger partial charge in [0.1, 0.15) is 23.9 Å². The standard InChI is InChI=1S/C31H38N2O5/c1-22-4-9-25(10-5-22)38-26-11-7-24(8-12-26)31-28(34)19-32-20-30(31)37-21-23-6-13-29-27(18-23)33(15-17-36-29)14-3-16-35-2/h4-13,18,28,30-32,34H,3,14-17,19-21H2,1-2H3/t28-,30+,31+/m1/s1. The molecule has 3 aromatic carbocycles. The summed E-state index contributed by atoms with van der Waals surface area (Å²) in [7, 11) is 1.74. The second kappa shape index (κ2) is 12.6. The lowest BCUT2D eigenvalue weighted by molar-refractivity contribution is -0.0328. The first-order valence-corrected chi connectivity index (χ1v) is 13.4. The molecule has 0 radical (unpaired) electrons. The zero-order valence-corrected chi connectivity index (χ0v) is 22.3. The van der Waals surface area contributed by atoms with Gasteiger partial charge in [-0.15, -0.1) is 0 Å². The number of nitrogens with zero attached hydrogens (tertiary/aromatic N) is 1. The summed E-state index contributed by atoms with van der Waals surface area (Å²) < 4.78 is 23.5. The molecule has 2 N–H and O–H groups in total. The Kier molecular flexibility index (Phi) is 8.81. The van der Waals surface area contributed by atoms with Crippen LogP contribution in [-0.2, 0) is 16.1 Å². The SMILES string of the molecule is COCCCN1CCOc2ccc(CO[C@H]3CNC[C@@H](O)[C@@H]3c3ccc(Oc4ccc(C)cc4)cc3)cc21. The number of anilines is 1. The van der Waals surface area contributed by atoms with Crippen molar-refractivity contribution >= 4 is 5.69 Å². The molecule has 7 nitrogen and oxygen atoms in total. The molecule has 38 heavy (non-hydrogen) atoms. The highest BCUT2D eigenvalue weighted by molar-refractivity contribution is 5.61. The largest absolute Gasteiger partial charge is 0.490 e. The molecule has 0 amide bonds. The van der Waals surface area contributed by atoms with Crippen LogP contribution in [0.3, 0.4) is 0 Å². The van der Waals surface area contributed by atoms with E-state index in [0.717, 1.165) is 60.2 Å². The van der Waals surface area contributed by atoms with Gasteiger partial charge in [-0.3, -0.25) is 0 Å². The Balaban J connectivity index is 1.25. The number of nitrogens with one attached hydrogen (secondary N) is 1. The molecule has 0 unspecified atom stereocenters. The van der Waals surface area contributed by atoms with Crippen molar-refractivity contribution in [1.82, 2.24) is 5.32 Å². The molecule has 3 atom stereocenters. The summed E-state index contributed by atoms with van der Waals surface area (Å²) in [6, 6.07) is 22.3. The first kappa shape index (κ1) is 26.5. The molecule has 2 aliphatic rings. The minimum absolute atomic E-state index is 0.129. The molecule has 0 saturated carbocycles. The average Bonchev–Trinajstić information content (AvgIpc) is 2.94. The molecule has 3 aromatic rings. The van der Waals surface area contributed by atoms with Gasteiger partial charge in [0.25, 0.3) is 0 Å². The lowest BCUT2D eigenvalue weighted by Gasteiger charge is -2.36. The van der Waals surface area contributed by atoms with Crippen molar-refractivity contribution in [2.45, 2.75) is 38.1 Å². The summed E-state index contributed by atoms with van der Waals surface area (Å²) in [4.78, 5) is 2.36. The molecule has 7 heteroatoms. The lowest BCUT2D eigenvalue weighted by Crippen LogP contribution is -2.49. The van der Waals surface area contributed by atoms with E-state index in [2.05, 4.69) is 29.3 Å². The second-order valence-electron chi connectivity index (χ2n) is 10.1. The van der Waals surface area contributed by atoms with Crippen LogP contribution in [0.15, 0.2) is 66.7 Å². The van der Waals surface area contributed by atoms with Gasteiger partial charge < -0.3 is 34.3 Å². The van der Waals surface area contributed by atoms with Crippen molar-refractivity contribution in [2.24, 2.45) is 0 Å². The number of fused-ring (bicyclic) bond motifs is 1. The van der Waals surface area contributed by atoms with E-state index in [-0.39, 0.29) is 12.0 Å². The number of methoxy groups -OCH3 is 1. The van der Waals surface area contributed by atoms with E-state index in [0.29, 0.717) is 26.3 Å². The maximum absolute atomic E-state index is 10.9. The summed E-state index contributed by atoms with van der Waals surface area (Å²) in [5, 5.41) is 14.2. The van der Waals surface area contributed by atoms with Crippen LogP contribution >= 0.6 is 0 Å². The van der Waals surface area contributed by atoms with Crippen LogP contribution in [0.5, 0.6) is 17.2 Å². The highest BCUT2D eigenvalue weighted by Gasteiger charge is 2.34. The normalized spacial score (nSPS) is 21.0. The molecule has 0 aromatic heterocycles. The number of aliphatic hydroxyl groups is 1. The van der Waals surface area contributed by atoms with Crippen molar-refractivity contribution < 1.29 is 24.1 Å². The third kappa shape index (κ3) is 6.48. The highest BCUT2D eigenvalue weighted by Crippen LogP contribution is 2.34. The summed E-state index contributed by atoms with van der Waals surface area (Å²) in [6.45, 7) is 6.97. The fourth-order valence-corrected chi connectivity index (χ4v) is 5.22. The van der Waals surface area contributed by atoms with E-state index in [9.17, 15) is 5.11 Å². The monoisotopic (exact) mass is 518 g/mol. The van der Waals surface area contributed by atoms with E-state index < -0.39 is 6.10 Å². The van der Waals surface area contributed by atoms with E-state index in [1.54, 1.807) is 7.11 Å². The number of benzene rings is 3. The number of aliphatic hydroxyl groups excluding tert-OH is 1. The molecule has 0 bridgehead atoms. The Morgan fingerprint density at radius 2 is 1.76 bits per heavy atom. The van der Waals surface area contributed by atoms with Gasteiger partial charge in [0.2, 0.25) is 0 Å². The van der Waals surface area contributed by atoms with E-state index >= 15 is 0 Å². The van der Waals surface area contributed by atoms with Crippen molar-refractivity contribution in [3.63, 3.8) is 0 Å². The number of β-amino-alcohol motifs (C(OH)–C–C–N with tert-alkyl or cyclic N) is 1. The minimum Gasteiger partial charge on any atom is -0.490 e. The average molecular weight is 519 g/mol. The van der Waals surface area contributed by atoms with Gasteiger partial charge in [-0.1, -0.05) is 35.9 Å². The topological polar surface area (TPSA) is 72.4 Å². The summed E-state index contributed by atoms with van der Waals surface area (Å²) in [5.74, 6) is 2.36. The Morgan fingerprint density at radius 1 is 1.00 bits per heavy atom. The molecule has 5 rings (SSSR count). The van der Waals surface area contributed by atoms with Crippen LogP contribution < -0.4 is 19.7 Å².